The van der Waals surface area contributed by atoms with E-state index in [1.165, 1.54) is 0 Å². The molecule has 7 N–H and O–H groups in total. The molecule has 2 atom stereocenters. The highest BCUT2D eigenvalue weighted by Crippen LogP contribution is 2.24. The van der Waals surface area contributed by atoms with Gasteiger partial charge in [-0.3, -0.25) is 14.6 Å². The van der Waals surface area contributed by atoms with Gasteiger partial charge >= 0.3 is 5.97 Å². The highest BCUT2D eigenvalue weighted by atomic mass is 16.4. The van der Waals surface area contributed by atoms with Crippen molar-refractivity contribution < 1.29 is 23.9 Å². The summed E-state index contributed by atoms with van der Waals surface area (Å²) in [5.41, 5.74) is 12.5. The van der Waals surface area contributed by atoms with Crippen LogP contribution in [-0.2, 0) is 16.0 Å². The summed E-state index contributed by atoms with van der Waals surface area (Å²) in [4.78, 5) is 45.4. The van der Waals surface area contributed by atoms with Crippen LogP contribution in [0.2, 0.25) is 0 Å². The van der Waals surface area contributed by atoms with Crippen LogP contribution in [0, 0.1) is 19.8 Å². The molecule has 0 aliphatic heterocycles. The molecule has 0 spiro atoms. The molecule has 0 unspecified atom stereocenters. The maximum absolute atomic E-state index is 12.8. The van der Waals surface area contributed by atoms with Crippen molar-refractivity contribution in [1.29, 1.82) is 0 Å². The molecule has 36 heavy (non-hydrogen) atoms. The zero-order valence-corrected chi connectivity index (χ0v) is 21.2. The third-order valence-corrected chi connectivity index (χ3v) is 5.53. The molecule has 11 nitrogen and oxygen atoms in total. The fourth-order valence-corrected chi connectivity index (χ4v) is 3.68. The molecule has 1 heterocycles. The van der Waals surface area contributed by atoms with Crippen molar-refractivity contribution in [2.75, 3.05) is 6.54 Å². The van der Waals surface area contributed by atoms with Gasteiger partial charge in [-0.25, -0.2) is 9.78 Å². The van der Waals surface area contributed by atoms with E-state index in [1.54, 1.807) is 6.92 Å². The smallest absolute Gasteiger partial charge is 0.326 e. The van der Waals surface area contributed by atoms with E-state index >= 15 is 0 Å². The number of carbonyl (C=O) groups is 3. The molecule has 0 saturated carbocycles. The first-order valence-corrected chi connectivity index (χ1v) is 11.9. The predicted molar refractivity (Wildman–Crippen MR) is 135 cm³/mol. The predicted octanol–water partition coefficient (Wildman–Crippen LogP) is 1.97. The maximum atomic E-state index is 12.8. The van der Waals surface area contributed by atoms with Crippen LogP contribution in [0.1, 0.15) is 72.4 Å². The number of oxazole rings is 1. The van der Waals surface area contributed by atoms with Crippen molar-refractivity contribution in [3.63, 3.8) is 0 Å². The lowest BCUT2D eigenvalue weighted by Crippen LogP contribution is -2.41. The number of amides is 2. The summed E-state index contributed by atoms with van der Waals surface area (Å²) in [6.45, 7) is 7.77. The van der Waals surface area contributed by atoms with E-state index in [2.05, 4.69) is 20.6 Å². The van der Waals surface area contributed by atoms with Gasteiger partial charge in [0.1, 0.15) is 17.8 Å². The number of carboxylic acid groups (broad SMARTS) is 1. The third kappa shape index (κ3) is 8.71. The second kappa shape index (κ2) is 13.3. The fourth-order valence-electron chi connectivity index (χ4n) is 3.68. The van der Waals surface area contributed by atoms with E-state index in [4.69, 9.17) is 15.9 Å². The van der Waals surface area contributed by atoms with Crippen LogP contribution in [0.15, 0.2) is 33.7 Å². The van der Waals surface area contributed by atoms with E-state index in [-0.39, 0.29) is 54.5 Å². The van der Waals surface area contributed by atoms with Crippen molar-refractivity contribution >= 4 is 23.7 Å². The van der Waals surface area contributed by atoms with E-state index in [9.17, 15) is 19.5 Å². The minimum absolute atomic E-state index is 0.0256. The highest BCUT2D eigenvalue weighted by molar-refractivity contribution is 5.95. The number of aromatic nitrogens is 1. The summed E-state index contributed by atoms with van der Waals surface area (Å²) in [5, 5.41) is 14.9. The topological polar surface area (TPSA) is 186 Å². The minimum Gasteiger partial charge on any atom is -0.480 e. The van der Waals surface area contributed by atoms with Gasteiger partial charge in [0.05, 0.1) is 6.42 Å². The lowest BCUT2D eigenvalue weighted by Gasteiger charge is -2.18. The number of aliphatic carboxylic acids is 1. The van der Waals surface area contributed by atoms with Crippen molar-refractivity contribution in [2.24, 2.45) is 22.4 Å². The molecule has 0 aliphatic carbocycles. The van der Waals surface area contributed by atoms with Gasteiger partial charge < -0.3 is 31.6 Å². The van der Waals surface area contributed by atoms with Gasteiger partial charge in [-0.2, -0.15) is 0 Å². The number of hydrogen-bond acceptors (Lipinski definition) is 6. The molecule has 196 valence electrons. The first-order chi connectivity index (χ1) is 17.0. The number of guanidine groups is 1. The third-order valence-electron chi connectivity index (χ3n) is 5.53. The summed E-state index contributed by atoms with van der Waals surface area (Å²) in [6.07, 6.45) is 1.24. The molecule has 0 saturated heterocycles. The zero-order valence-electron chi connectivity index (χ0n) is 21.2. The summed E-state index contributed by atoms with van der Waals surface area (Å²) >= 11 is 0. The van der Waals surface area contributed by atoms with Gasteiger partial charge in [-0.05, 0) is 50.2 Å². The maximum Gasteiger partial charge on any atom is 0.326 e. The molecule has 2 rings (SSSR count). The van der Waals surface area contributed by atoms with Crippen molar-refractivity contribution in [3.8, 4) is 0 Å². The van der Waals surface area contributed by atoms with Crippen molar-refractivity contribution in [2.45, 2.75) is 65.5 Å². The number of hydrogen-bond donors (Lipinski definition) is 5. The Morgan fingerprint density at radius 1 is 1.14 bits per heavy atom. The van der Waals surface area contributed by atoms with Crippen LogP contribution >= 0.6 is 0 Å². The minimum atomic E-state index is -1.18. The second-order valence-electron chi connectivity index (χ2n) is 9.12. The van der Waals surface area contributed by atoms with Crippen LogP contribution in [0.25, 0.3) is 0 Å². The molecule has 2 aromatic rings. The SMILES string of the molecule is Cc1ccccc1CC(=O)N[C@@H](CC(C)C)c1nc(C(=O)N[C@@H](CCCN=C(N)N)C(=O)O)c(C)o1. The monoisotopic (exact) mass is 500 g/mol. The first-order valence-electron chi connectivity index (χ1n) is 11.9. The standard InChI is InChI=1S/C25H36N6O5/c1-14(2)12-19(29-20(32)13-17-9-6-5-8-15(17)3)23-31-21(16(4)36-23)22(33)30-18(24(34)35)10-7-11-28-25(26)27/h5-6,8-9,14,18-19H,7,10-13H2,1-4H3,(H,29,32)(H,30,33)(H,34,35)(H4,26,27,28)/t18-,19-/m0/s1. The number of aryl methyl sites for hydroxylation is 2. The molecule has 1 aromatic heterocycles. The Bertz CT molecular complexity index is 1090. The Balaban J connectivity index is 2.13. The normalized spacial score (nSPS) is 12.6. The largest absolute Gasteiger partial charge is 0.480 e. The highest BCUT2D eigenvalue weighted by Gasteiger charge is 2.28. The van der Waals surface area contributed by atoms with Crippen LogP contribution in [-0.4, -0.2) is 46.4 Å². The van der Waals surface area contributed by atoms with Gasteiger partial charge in [0.15, 0.2) is 11.7 Å². The number of carbonyl (C=O) groups excluding carboxylic acids is 2. The number of benzene rings is 1. The number of nitrogens with zero attached hydrogens (tertiary/aromatic N) is 2. The van der Waals surface area contributed by atoms with Crippen LogP contribution in [0.4, 0.5) is 0 Å². The number of rotatable bonds is 13. The lowest BCUT2D eigenvalue weighted by molar-refractivity contribution is -0.139. The molecule has 0 bridgehead atoms. The molecule has 0 aliphatic rings. The van der Waals surface area contributed by atoms with Gasteiger partial charge in [0, 0.05) is 6.54 Å². The van der Waals surface area contributed by atoms with E-state index in [0.717, 1.165) is 11.1 Å². The van der Waals surface area contributed by atoms with E-state index in [1.807, 2.05) is 45.0 Å². The molecule has 2 amide bonds. The Morgan fingerprint density at radius 2 is 1.83 bits per heavy atom. The van der Waals surface area contributed by atoms with Gasteiger partial charge in [0.25, 0.3) is 5.91 Å². The quantitative estimate of drug-likeness (QED) is 0.157. The van der Waals surface area contributed by atoms with Crippen molar-refractivity contribution in [1.82, 2.24) is 15.6 Å². The van der Waals surface area contributed by atoms with Crippen molar-refractivity contribution in [3.05, 3.63) is 52.7 Å². The molecule has 0 radical (unpaired) electrons. The first kappa shape index (κ1) is 28.3. The van der Waals surface area contributed by atoms with Gasteiger partial charge in [-0.15, -0.1) is 0 Å². The summed E-state index contributed by atoms with van der Waals surface area (Å²) in [7, 11) is 0. The molecule has 1 aromatic carbocycles. The van der Waals surface area contributed by atoms with Crippen LogP contribution in [0.5, 0.6) is 0 Å². The molecule has 0 fully saturated rings. The molecule has 11 heteroatoms. The van der Waals surface area contributed by atoms with Gasteiger partial charge in [0.2, 0.25) is 11.8 Å². The lowest BCUT2D eigenvalue weighted by atomic mass is 10.0. The Hall–Kier alpha value is -3.89. The Kier molecular flexibility index (Phi) is 10.4. The summed E-state index contributed by atoms with van der Waals surface area (Å²) in [5.74, 6) is -1.50. The van der Waals surface area contributed by atoms with E-state index in [0.29, 0.717) is 12.8 Å². The summed E-state index contributed by atoms with van der Waals surface area (Å²) < 4.78 is 5.76. The number of aliphatic imine (C=N–C) groups is 1. The number of nitrogens with one attached hydrogen (secondary N) is 2. The van der Waals surface area contributed by atoms with Gasteiger partial charge in [-0.1, -0.05) is 38.1 Å². The molecular formula is C25H36N6O5. The van der Waals surface area contributed by atoms with Crippen LogP contribution in [0.3, 0.4) is 0 Å². The number of nitrogens with two attached hydrogens (primary N) is 2. The average molecular weight is 501 g/mol. The second-order valence-corrected chi connectivity index (χ2v) is 9.12. The zero-order chi connectivity index (χ0) is 26.8. The Labute approximate surface area is 210 Å². The fraction of sp³-hybridized carbons (Fsp3) is 0.480. The number of carboxylic acids is 1. The summed E-state index contributed by atoms with van der Waals surface area (Å²) in [6, 6.07) is 5.96. The van der Waals surface area contributed by atoms with Crippen LogP contribution < -0.4 is 22.1 Å². The average Bonchev–Trinajstić information content (AvgIpc) is 3.18. The Morgan fingerprint density at radius 3 is 2.44 bits per heavy atom. The van der Waals surface area contributed by atoms with E-state index < -0.39 is 24.0 Å². The molecular weight excluding hydrogens is 464 g/mol.